The van der Waals surface area contributed by atoms with Crippen LogP contribution in [-0.4, -0.2) is 29.3 Å². The van der Waals surface area contributed by atoms with E-state index in [1.165, 1.54) is 0 Å². The largest absolute Gasteiger partial charge is 0.457 e. The van der Waals surface area contributed by atoms with E-state index < -0.39 is 29.9 Å². The first-order valence-corrected chi connectivity index (χ1v) is 11.9. The van der Waals surface area contributed by atoms with Crippen LogP contribution in [0.2, 0.25) is 0 Å². The van der Waals surface area contributed by atoms with Gasteiger partial charge in [-0.05, 0) is 60.0 Å². The molecule has 1 heterocycles. The Kier molecular flexibility index (Phi) is 6.43. The molecule has 4 aromatic rings. The fourth-order valence-electron chi connectivity index (χ4n) is 4.42. The highest BCUT2D eigenvalue weighted by atomic mass is 16.5. The fourth-order valence-corrected chi connectivity index (χ4v) is 4.42. The molecule has 1 aliphatic rings. The van der Waals surface area contributed by atoms with E-state index in [-0.39, 0.29) is 0 Å². The number of anilines is 1. The minimum absolute atomic E-state index is 0.423. The van der Waals surface area contributed by atoms with Crippen LogP contribution in [0.15, 0.2) is 109 Å². The normalized spacial score (nSPS) is 14.2. The van der Waals surface area contributed by atoms with Crippen molar-refractivity contribution >= 4 is 23.5 Å². The van der Waals surface area contributed by atoms with Gasteiger partial charge in [0.15, 0.2) is 5.54 Å². The molecule has 7 nitrogen and oxygen atoms in total. The number of hydrogen-bond acceptors (Lipinski definition) is 4. The van der Waals surface area contributed by atoms with Crippen molar-refractivity contribution in [3.8, 4) is 11.5 Å². The number of nitrogens with one attached hydrogen (secondary N) is 2. The van der Waals surface area contributed by atoms with Crippen LogP contribution in [0.4, 0.5) is 10.5 Å². The second kappa shape index (κ2) is 9.99. The number of carbonyl (C=O) groups is 3. The van der Waals surface area contributed by atoms with Crippen LogP contribution >= 0.6 is 0 Å². The van der Waals surface area contributed by atoms with Gasteiger partial charge in [-0.3, -0.25) is 14.5 Å². The van der Waals surface area contributed by atoms with Gasteiger partial charge in [-0.25, -0.2) is 4.79 Å². The number of rotatable bonds is 7. The Morgan fingerprint density at radius 2 is 1.43 bits per heavy atom. The van der Waals surface area contributed by atoms with Crippen molar-refractivity contribution in [2.45, 2.75) is 12.5 Å². The molecule has 7 heteroatoms. The molecule has 0 radical (unpaired) electrons. The van der Waals surface area contributed by atoms with Gasteiger partial charge in [-0.2, -0.15) is 0 Å². The molecular formula is C30H25N3O4. The van der Waals surface area contributed by atoms with Crippen molar-refractivity contribution in [2.75, 3.05) is 11.9 Å². The summed E-state index contributed by atoms with van der Waals surface area (Å²) in [6, 6.07) is 32.0. The number of nitrogens with zero attached hydrogens (tertiary/aromatic N) is 1. The molecule has 0 atom stereocenters. The third-order valence-corrected chi connectivity index (χ3v) is 6.18. The molecule has 1 fully saturated rings. The molecule has 0 bridgehead atoms. The standard InChI is InChI=1S/C30H25N3O4/c1-21-9-8-14-26(19-21)37-25-17-15-24(16-18-25)31-27(34)20-33-28(35)30(32-29(33)36,22-10-4-2-5-11-22)23-12-6-3-7-13-23/h2-19H,20H2,1H3,(H,31,34)(H,32,36). The maximum Gasteiger partial charge on any atom is 0.326 e. The third kappa shape index (κ3) is 4.79. The van der Waals surface area contributed by atoms with Crippen molar-refractivity contribution in [1.29, 1.82) is 0 Å². The molecule has 0 unspecified atom stereocenters. The van der Waals surface area contributed by atoms with E-state index in [0.717, 1.165) is 16.2 Å². The number of imide groups is 1. The first-order chi connectivity index (χ1) is 18.0. The summed E-state index contributed by atoms with van der Waals surface area (Å²) in [5, 5.41) is 5.59. The molecular weight excluding hydrogens is 466 g/mol. The van der Waals surface area contributed by atoms with Crippen LogP contribution in [0.1, 0.15) is 16.7 Å². The van der Waals surface area contributed by atoms with E-state index in [4.69, 9.17) is 4.74 Å². The number of aryl methyl sites for hydroxylation is 1. The summed E-state index contributed by atoms with van der Waals surface area (Å²) in [6.07, 6.45) is 0. The van der Waals surface area contributed by atoms with Gasteiger partial charge in [-0.1, -0.05) is 72.8 Å². The smallest absolute Gasteiger partial charge is 0.326 e. The number of hydrogen-bond donors (Lipinski definition) is 2. The quantitative estimate of drug-likeness (QED) is 0.347. The lowest BCUT2D eigenvalue weighted by atomic mass is 9.82. The second-order valence-electron chi connectivity index (χ2n) is 8.79. The van der Waals surface area contributed by atoms with E-state index in [1.54, 1.807) is 72.8 Å². The van der Waals surface area contributed by atoms with Crippen LogP contribution in [0.3, 0.4) is 0 Å². The second-order valence-corrected chi connectivity index (χ2v) is 8.79. The predicted octanol–water partition coefficient (Wildman–Crippen LogP) is 5.22. The summed E-state index contributed by atoms with van der Waals surface area (Å²) in [7, 11) is 0. The highest BCUT2D eigenvalue weighted by Gasteiger charge is 2.54. The van der Waals surface area contributed by atoms with E-state index in [0.29, 0.717) is 22.6 Å². The maximum absolute atomic E-state index is 13.7. The molecule has 1 saturated heterocycles. The number of benzene rings is 4. The first kappa shape index (κ1) is 23.8. The minimum Gasteiger partial charge on any atom is -0.457 e. The zero-order valence-corrected chi connectivity index (χ0v) is 20.2. The Bertz CT molecular complexity index is 1400. The van der Waals surface area contributed by atoms with Crippen molar-refractivity contribution < 1.29 is 19.1 Å². The van der Waals surface area contributed by atoms with E-state index in [1.807, 2.05) is 43.3 Å². The van der Waals surface area contributed by atoms with Crippen molar-refractivity contribution in [1.82, 2.24) is 10.2 Å². The van der Waals surface area contributed by atoms with Gasteiger partial charge >= 0.3 is 6.03 Å². The Morgan fingerprint density at radius 1 is 0.811 bits per heavy atom. The van der Waals surface area contributed by atoms with Crippen molar-refractivity contribution in [3.63, 3.8) is 0 Å². The average Bonchev–Trinajstić information content (AvgIpc) is 3.16. The lowest BCUT2D eigenvalue weighted by Crippen LogP contribution is -2.45. The molecule has 37 heavy (non-hydrogen) atoms. The zero-order chi connectivity index (χ0) is 25.8. The van der Waals surface area contributed by atoms with Crippen LogP contribution in [0.5, 0.6) is 11.5 Å². The molecule has 0 aromatic heterocycles. The lowest BCUT2D eigenvalue weighted by molar-refractivity contribution is -0.133. The van der Waals surface area contributed by atoms with Crippen molar-refractivity contribution in [2.24, 2.45) is 0 Å². The molecule has 5 rings (SSSR count). The molecule has 2 N–H and O–H groups in total. The van der Waals surface area contributed by atoms with Gasteiger partial charge < -0.3 is 15.4 Å². The zero-order valence-electron chi connectivity index (χ0n) is 20.2. The maximum atomic E-state index is 13.7. The average molecular weight is 492 g/mol. The predicted molar refractivity (Wildman–Crippen MR) is 140 cm³/mol. The molecule has 0 aliphatic carbocycles. The van der Waals surface area contributed by atoms with Gasteiger partial charge in [0, 0.05) is 5.69 Å². The summed E-state index contributed by atoms with van der Waals surface area (Å²) >= 11 is 0. The fraction of sp³-hybridized carbons (Fsp3) is 0.100. The minimum atomic E-state index is -1.41. The summed E-state index contributed by atoms with van der Waals surface area (Å²) in [4.78, 5) is 40.5. The van der Waals surface area contributed by atoms with Gasteiger partial charge in [0.25, 0.3) is 5.91 Å². The Morgan fingerprint density at radius 3 is 2.03 bits per heavy atom. The Balaban J connectivity index is 1.31. The van der Waals surface area contributed by atoms with Crippen LogP contribution < -0.4 is 15.4 Å². The monoisotopic (exact) mass is 491 g/mol. The van der Waals surface area contributed by atoms with Gasteiger partial charge in [0.1, 0.15) is 18.0 Å². The van der Waals surface area contributed by atoms with Gasteiger partial charge in [0.05, 0.1) is 0 Å². The van der Waals surface area contributed by atoms with E-state index >= 15 is 0 Å². The molecule has 184 valence electrons. The Hall–Kier alpha value is -4.91. The van der Waals surface area contributed by atoms with Crippen LogP contribution in [-0.2, 0) is 15.1 Å². The SMILES string of the molecule is Cc1cccc(Oc2ccc(NC(=O)CN3C(=O)NC(c4ccccc4)(c4ccccc4)C3=O)cc2)c1. The number of urea groups is 1. The highest BCUT2D eigenvalue weighted by molar-refractivity contribution is 6.12. The summed E-state index contributed by atoms with van der Waals surface area (Å²) in [5.74, 6) is 0.337. The molecule has 0 spiro atoms. The molecule has 1 aliphatic heterocycles. The van der Waals surface area contributed by atoms with E-state index in [2.05, 4.69) is 10.6 Å². The lowest BCUT2D eigenvalue weighted by Gasteiger charge is -2.28. The number of amides is 4. The van der Waals surface area contributed by atoms with Gasteiger partial charge in [-0.15, -0.1) is 0 Å². The molecule has 4 aromatic carbocycles. The topological polar surface area (TPSA) is 87.7 Å². The first-order valence-electron chi connectivity index (χ1n) is 11.9. The van der Waals surface area contributed by atoms with E-state index in [9.17, 15) is 14.4 Å². The van der Waals surface area contributed by atoms with Gasteiger partial charge in [0.2, 0.25) is 5.91 Å². The highest BCUT2D eigenvalue weighted by Crippen LogP contribution is 2.36. The molecule has 0 saturated carbocycles. The molecule has 4 amide bonds. The van der Waals surface area contributed by atoms with Crippen LogP contribution in [0.25, 0.3) is 0 Å². The summed E-state index contributed by atoms with van der Waals surface area (Å²) < 4.78 is 5.84. The summed E-state index contributed by atoms with van der Waals surface area (Å²) in [6.45, 7) is 1.56. The van der Waals surface area contributed by atoms with Crippen molar-refractivity contribution in [3.05, 3.63) is 126 Å². The van der Waals surface area contributed by atoms with Crippen LogP contribution in [0, 0.1) is 6.92 Å². The Labute approximate surface area is 214 Å². The summed E-state index contributed by atoms with van der Waals surface area (Å²) in [5.41, 5.74) is 1.43. The number of carbonyl (C=O) groups excluding carboxylic acids is 3. The third-order valence-electron chi connectivity index (χ3n) is 6.18. The number of ether oxygens (including phenoxy) is 1.